The van der Waals surface area contributed by atoms with Crippen molar-refractivity contribution < 1.29 is 18.7 Å². The summed E-state index contributed by atoms with van der Waals surface area (Å²) in [5, 5.41) is 1.03. The minimum Gasteiger partial charge on any atom is -0.466 e. The van der Waals surface area contributed by atoms with Crippen molar-refractivity contribution in [2.75, 3.05) is 19.7 Å². The third-order valence-electron chi connectivity index (χ3n) is 4.77. The van der Waals surface area contributed by atoms with Crippen LogP contribution < -0.4 is 0 Å². The van der Waals surface area contributed by atoms with Crippen molar-refractivity contribution >= 4 is 35.1 Å². The van der Waals surface area contributed by atoms with Crippen LogP contribution in [0.2, 0.25) is 10.0 Å². The highest BCUT2D eigenvalue weighted by Crippen LogP contribution is 2.31. The largest absolute Gasteiger partial charge is 0.466 e. The molecule has 0 radical (unpaired) electrons. The van der Waals surface area contributed by atoms with Crippen LogP contribution in [0, 0.1) is 5.92 Å². The third kappa shape index (κ3) is 5.06. The van der Waals surface area contributed by atoms with Gasteiger partial charge in [0.15, 0.2) is 11.7 Å². The molecule has 0 unspecified atom stereocenters. The second-order valence-corrected chi connectivity index (χ2v) is 7.49. The molecular formula is C20H22Cl2N2O4. The van der Waals surface area contributed by atoms with Gasteiger partial charge in [-0.15, -0.1) is 0 Å². The van der Waals surface area contributed by atoms with Gasteiger partial charge in [-0.2, -0.15) is 0 Å². The van der Waals surface area contributed by atoms with E-state index < -0.39 is 0 Å². The van der Waals surface area contributed by atoms with Gasteiger partial charge in [0.25, 0.3) is 0 Å². The molecule has 1 amide bonds. The number of benzene rings is 1. The SMILES string of the molecule is CCOC(=O)C1CCN(C(=O)CCc2ncc(-c3ccc(Cl)cc3Cl)o2)CC1. The summed E-state index contributed by atoms with van der Waals surface area (Å²) < 4.78 is 10.8. The van der Waals surface area contributed by atoms with E-state index in [0.29, 0.717) is 72.6 Å². The topological polar surface area (TPSA) is 72.6 Å². The zero-order valence-corrected chi connectivity index (χ0v) is 17.1. The molecule has 0 aliphatic carbocycles. The van der Waals surface area contributed by atoms with E-state index in [1.165, 1.54) is 0 Å². The van der Waals surface area contributed by atoms with Crippen molar-refractivity contribution in [3.8, 4) is 11.3 Å². The van der Waals surface area contributed by atoms with Crippen LogP contribution in [-0.2, 0) is 20.7 Å². The van der Waals surface area contributed by atoms with Gasteiger partial charge in [-0.05, 0) is 38.0 Å². The number of carbonyl (C=O) groups excluding carboxylic acids is 2. The average Bonchev–Trinajstić information content (AvgIpc) is 3.15. The number of carbonyl (C=O) groups is 2. The summed E-state index contributed by atoms with van der Waals surface area (Å²) >= 11 is 12.1. The minimum atomic E-state index is -0.164. The van der Waals surface area contributed by atoms with Gasteiger partial charge in [0, 0.05) is 36.5 Å². The molecule has 2 heterocycles. The molecule has 1 aliphatic rings. The molecule has 0 saturated carbocycles. The highest BCUT2D eigenvalue weighted by molar-refractivity contribution is 6.36. The summed E-state index contributed by atoms with van der Waals surface area (Å²) in [6, 6.07) is 5.15. The summed E-state index contributed by atoms with van der Waals surface area (Å²) in [5.41, 5.74) is 0.706. The number of hydrogen-bond donors (Lipinski definition) is 0. The molecule has 0 bridgehead atoms. The molecule has 2 aromatic rings. The zero-order chi connectivity index (χ0) is 20.1. The number of hydrogen-bond acceptors (Lipinski definition) is 5. The van der Waals surface area contributed by atoms with Crippen molar-refractivity contribution in [1.82, 2.24) is 9.88 Å². The first-order valence-corrected chi connectivity index (χ1v) is 10.1. The van der Waals surface area contributed by atoms with Gasteiger partial charge in [0.1, 0.15) is 0 Å². The number of oxazole rings is 1. The Bertz CT molecular complexity index is 844. The number of likely N-dealkylation sites (tertiary alicyclic amines) is 1. The van der Waals surface area contributed by atoms with Crippen molar-refractivity contribution in [1.29, 1.82) is 0 Å². The van der Waals surface area contributed by atoms with Crippen LogP contribution in [0.25, 0.3) is 11.3 Å². The molecule has 0 N–H and O–H groups in total. The number of rotatable bonds is 6. The highest BCUT2D eigenvalue weighted by atomic mass is 35.5. The minimum absolute atomic E-state index is 0.0339. The molecule has 0 spiro atoms. The Balaban J connectivity index is 1.50. The number of aromatic nitrogens is 1. The average molecular weight is 425 g/mol. The van der Waals surface area contributed by atoms with Crippen molar-refractivity contribution in [2.45, 2.75) is 32.6 Å². The summed E-state index contributed by atoms with van der Waals surface area (Å²) in [6.45, 7) is 3.32. The van der Waals surface area contributed by atoms with Crippen LogP contribution in [0.15, 0.2) is 28.8 Å². The molecule has 0 atom stereocenters. The van der Waals surface area contributed by atoms with Gasteiger partial charge in [0.05, 0.1) is 23.7 Å². The fourth-order valence-electron chi connectivity index (χ4n) is 3.24. The third-order valence-corrected chi connectivity index (χ3v) is 5.32. The molecule has 1 saturated heterocycles. The van der Waals surface area contributed by atoms with Crippen molar-refractivity contribution in [3.63, 3.8) is 0 Å². The van der Waals surface area contributed by atoms with Crippen LogP contribution in [0.1, 0.15) is 32.1 Å². The maximum absolute atomic E-state index is 12.4. The van der Waals surface area contributed by atoms with Gasteiger partial charge in [-0.1, -0.05) is 23.2 Å². The predicted octanol–water partition coefficient (Wildman–Crippen LogP) is 4.38. The highest BCUT2D eigenvalue weighted by Gasteiger charge is 2.28. The molecular weight excluding hydrogens is 403 g/mol. The fourth-order valence-corrected chi connectivity index (χ4v) is 3.74. The van der Waals surface area contributed by atoms with Crippen LogP contribution in [0.3, 0.4) is 0 Å². The van der Waals surface area contributed by atoms with Gasteiger partial charge in [-0.3, -0.25) is 9.59 Å². The van der Waals surface area contributed by atoms with Gasteiger partial charge in [-0.25, -0.2) is 4.98 Å². The molecule has 150 valence electrons. The standard InChI is InChI=1S/C20H22Cl2N2O4/c1-2-27-20(26)13-7-9-24(10-8-13)19(25)6-5-18-23-12-17(28-18)15-4-3-14(21)11-16(15)22/h3-4,11-13H,2,5-10H2,1H3. The number of halogens is 2. The van der Waals surface area contributed by atoms with Gasteiger partial charge < -0.3 is 14.1 Å². The maximum Gasteiger partial charge on any atom is 0.309 e. The van der Waals surface area contributed by atoms with E-state index in [4.69, 9.17) is 32.4 Å². The van der Waals surface area contributed by atoms with E-state index in [2.05, 4.69) is 4.98 Å². The first kappa shape index (κ1) is 20.7. The molecule has 1 aromatic heterocycles. The zero-order valence-electron chi connectivity index (χ0n) is 15.6. The van der Waals surface area contributed by atoms with E-state index in [0.717, 1.165) is 0 Å². The quantitative estimate of drug-likeness (QED) is 0.643. The number of amides is 1. The van der Waals surface area contributed by atoms with Crippen LogP contribution in [0.5, 0.6) is 0 Å². The van der Waals surface area contributed by atoms with E-state index >= 15 is 0 Å². The number of aryl methyl sites for hydroxylation is 1. The maximum atomic E-state index is 12.4. The lowest BCUT2D eigenvalue weighted by Gasteiger charge is -2.30. The van der Waals surface area contributed by atoms with Crippen molar-refractivity contribution in [2.24, 2.45) is 5.92 Å². The number of esters is 1. The predicted molar refractivity (Wildman–Crippen MR) is 106 cm³/mol. The summed E-state index contributed by atoms with van der Waals surface area (Å²) in [5.74, 6) is 0.784. The molecule has 1 fully saturated rings. The Labute approximate surface area is 173 Å². The van der Waals surface area contributed by atoms with Crippen LogP contribution >= 0.6 is 23.2 Å². The second-order valence-electron chi connectivity index (χ2n) is 6.65. The fraction of sp³-hybridized carbons (Fsp3) is 0.450. The lowest BCUT2D eigenvalue weighted by Crippen LogP contribution is -2.40. The monoisotopic (exact) mass is 424 g/mol. The number of nitrogens with zero attached hydrogens (tertiary/aromatic N) is 2. The molecule has 1 aliphatic heterocycles. The molecule has 3 rings (SSSR count). The molecule has 28 heavy (non-hydrogen) atoms. The molecule has 6 nitrogen and oxygen atoms in total. The van der Waals surface area contributed by atoms with Crippen molar-refractivity contribution in [3.05, 3.63) is 40.3 Å². The van der Waals surface area contributed by atoms with Crippen LogP contribution in [-0.4, -0.2) is 41.5 Å². The van der Waals surface area contributed by atoms with Gasteiger partial charge in [0.2, 0.25) is 5.91 Å². The Kier molecular flexibility index (Phi) is 6.97. The first-order chi connectivity index (χ1) is 13.5. The van der Waals surface area contributed by atoms with E-state index in [-0.39, 0.29) is 17.8 Å². The Hall–Kier alpha value is -2.05. The van der Waals surface area contributed by atoms with Crippen LogP contribution in [0.4, 0.5) is 0 Å². The summed E-state index contributed by atoms with van der Waals surface area (Å²) in [6.07, 6.45) is 3.59. The first-order valence-electron chi connectivity index (χ1n) is 9.32. The van der Waals surface area contributed by atoms with E-state index in [9.17, 15) is 9.59 Å². The molecule has 1 aromatic carbocycles. The lowest BCUT2D eigenvalue weighted by atomic mass is 9.97. The summed E-state index contributed by atoms with van der Waals surface area (Å²) in [7, 11) is 0. The molecule has 8 heteroatoms. The second kappa shape index (κ2) is 9.43. The summed E-state index contributed by atoms with van der Waals surface area (Å²) in [4.78, 5) is 30.3. The van der Waals surface area contributed by atoms with Gasteiger partial charge >= 0.3 is 5.97 Å². The number of piperidine rings is 1. The smallest absolute Gasteiger partial charge is 0.309 e. The lowest BCUT2D eigenvalue weighted by molar-refractivity contribution is -0.151. The Morgan fingerprint density at radius 3 is 2.71 bits per heavy atom. The normalized spacial score (nSPS) is 14.9. The van der Waals surface area contributed by atoms with E-state index in [1.807, 2.05) is 0 Å². The van der Waals surface area contributed by atoms with E-state index in [1.54, 1.807) is 36.2 Å². The number of ether oxygens (including phenoxy) is 1. The Morgan fingerprint density at radius 2 is 2.04 bits per heavy atom. The Morgan fingerprint density at radius 1 is 1.29 bits per heavy atom.